The zero-order valence-corrected chi connectivity index (χ0v) is 19.8. The lowest BCUT2D eigenvalue weighted by molar-refractivity contribution is -0.116. The molecule has 2 aliphatic rings. The Bertz CT molecular complexity index is 1070. The average molecular weight is 469 g/mol. The Morgan fingerprint density at radius 2 is 1.82 bits per heavy atom. The van der Waals surface area contributed by atoms with E-state index in [-0.39, 0.29) is 17.7 Å². The summed E-state index contributed by atoms with van der Waals surface area (Å²) < 4.78 is 4.97. The van der Waals surface area contributed by atoms with Gasteiger partial charge in [-0.3, -0.25) is 19.3 Å². The molecule has 0 fully saturated rings. The average Bonchev–Trinajstić information content (AvgIpc) is 3.27. The van der Waals surface area contributed by atoms with Crippen molar-refractivity contribution in [2.24, 2.45) is 5.92 Å². The molecule has 0 saturated heterocycles. The topological polar surface area (TPSA) is 92.8 Å². The Balaban J connectivity index is 1.27. The number of rotatable bonds is 8. The Labute approximate surface area is 197 Å². The quantitative estimate of drug-likeness (QED) is 0.351. The van der Waals surface area contributed by atoms with Crippen LogP contribution in [0.2, 0.25) is 0 Å². The van der Waals surface area contributed by atoms with Gasteiger partial charge in [0.1, 0.15) is 5.00 Å². The molecular weight excluding hydrogens is 440 g/mol. The Kier molecular flexibility index (Phi) is 6.93. The van der Waals surface area contributed by atoms with Crippen molar-refractivity contribution in [2.75, 3.05) is 19.0 Å². The molecule has 3 amide bonds. The van der Waals surface area contributed by atoms with Crippen molar-refractivity contribution in [2.45, 2.75) is 51.9 Å². The first kappa shape index (κ1) is 23.2. The van der Waals surface area contributed by atoms with E-state index in [0.717, 1.165) is 29.7 Å². The number of imide groups is 1. The highest BCUT2D eigenvalue weighted by atomic mass is 32.1. The van der Waals surface area contributed by atoms with Gasteiger partial charge < -0.3 is 10.1 Å². The number of esters is 1. The van der Waals surface area contributed by atoms with E-state index < -0.39 is 5.97 Å². The number of carbonyl (C=O) groups is 4. The van der Waals surface area contributed by atoms with Gasteiger partial charge in [-0.05, 0) is 55.7 Å². The molecule has 1 aromatic carbocycles. The van der Waals surface area contributed by atoms with Crippen LogP contribution in [0.5, 0.6) is 0 Å². The lowest BCUT2D eigenvalue weighted by Crippen LogP contribution is -2.30. The van der Waals surface area contributed by atoms with E-state index in [1.807, 2.05) is 0 Å². The normalized spacial score (nSPS) is 17.0. The van der Waals surface area contributed by atoms with E-state index in [1.54, 1.807) is 24.3 Å². The molecule has 2 heterocycles. The van der Waals surface area contributed by atoms with Crippen molar-refractivity contribution >= 4 is 40.0 Å². The Hall–Kier alpha value is -3.00. The number of benzene rings is 1. The van der Waals surface area contributed by atoms with Crippen LogP contribution in [0, 0.1) is 5.92 Å². The van der Waals surface area contributed by atoms with Gasteiger partial charge in [0, 0.05) is 17.8 Å². The molecule has 1 aromatic heterocycles. The predicted octanol–water partition coefficient (Wildman–Crippen LogP) is 4.45. The molecule has 4 rings (SSSR count). The highest BCUT2D eigenvalue weighted by Gasteiger charge is 2.34. The molecule has 0 saturated carbocycles. The summed E-state index contributed by atoms with van der Waals surface area (Å²) in [6.07, 6.45) is 5.05. The fraction of sp³-hybridized carbons (Fsp3) is 0.440. The summed E-state index contributed by atoms with van der Waals surface area (Å²) in [5.41, 5.74) is 2.43. The minimum Gasteiger partial charge on any atom is -0.465 e. The fourth-order valence-electron chi connectivity index (χ4n) is 4.52. The standard InChI is InChI=1S/C25H28N2O5S/c1-15-11-12-18-19(14-15)33-22(21(18)25(31)32-2)26-20(28)10-4-3-7-13-27-23(29)16-8-5-6-9-17(16)24(27)30/h5-6,8-9,15H,3-4,7,10-14H2,1-2H3,(H,26,28)/t15-/m1/s1. The Morgan fingerprint density at radius 3 is 2.48 bits per heavy atom. The number of fused-ring (bicyclic) bond motifs is 2. The van der Waals surface area contributed by atoms with E-state index >= 15 is 0 Å². The molecule has 0 spiro atoms. The zero-order valence-electron chi connectivity index (χ0n) is 18.9. The molecular formula is C25H28N2O5S. The summed E-state index contributed by atoms with van der Waals surface area (Å²) in [6.45, 7) is 2.54. The van der Waals surface area contributed by atoms with Crippen LogP contribution in [-0.4, -0.2) is 42.2 Å². The number of methoxy groups -OCH3 is 1. The zero-order chi connectivity index (χ0) is 23.5. The first-order chi connectivity index (χ1) is 15.9. The molecule has 0 unspecified atom stereocenters. The molecule has 1 atom stereocenters. The number of nitrogens with one attached hydrogen (secondary N) is 1. The highest BCUT2D eigenvalue weighted by Crippen LogP contribution is 2.40. The first-order valence-corrected chi connectivity index (χ1v) is 12.2. The number of hydrogen-bond acceptors (Lipinski definition) is 6. The van der Waals surface area contributed by atoms with Crippen LogP contribution in [-0.2, 0) is 22.4 Å². The molecule has 2 aromatic rings. The van der Waals surface area contributed by atoms with Crippen molar-refractivity contribution < 1.29 is 23.9 Å². The van der Waals surface area contributed by atoms with Crippen molar-refractivity contribution in [3.05, 3.63) is 51.4 Å². The van der Waals surface area contributed by atoms with Crippen LogP contribution >= 0.6 is 11.3 Å². The number of ether oxygens (including phenoxy) is 1. The second kappa shape index (κ2) is 9.87. The van der Waals surface area contributed by atoms with Crippen molar-refractivity contribution in [3.8, 4) is 0 Å². The van der Waals surface area contributed by atoms with Crippen LogP contribution in [0.1, 0.15) is 80.5 Å². The molecule has 7 nitrogen and oxygen atoms in total. The summed E-state index contributed by atoms with van der Waals surface area (Å²) in [4.78, 5) is 52.2. The molecule has 0 bridgehead atoms. The minimum atomic E-state index is -0.404. The van der Waals surface area contributed by atoms with Gasteiger partial charge in [0.25, 0.3) is 11.8 Å². The van der Waals surface area contributed by atoms with E-state index in [9.17, 15) is 19.2 Å². The van der Waals surface area contributed by atoms with Gasteiger partial charge in [-0.15, -0.1) is 11.3 Å². The van der Waals surface area contributed by atoms with Gasteiger partial charge in [-0.2, -0.15) is 0 Å². The van der Waals surface area contributed by atoms with Crippen molar-refractivity contribution in [3.63, 3.8) is 0 Å². The lowest BCUT2D eigenvalue weighted by atomic mass is 9.88. The van der Waals surface area contributed by atoms with Crippen LogP contribution in [0.3, 0.4) is 0 Å². The van der Waals surface area contributed by atoms with Gasteiger partial charge in [0.2, 0.25) is 5.91 Å². The van der Waals surface area contributed by atoms with Gasteiger partial charge in [-0.25, -0.2) is 4.79 Å². The van der Waals surface area contributed by atoms with E-state index in [4.69, 9.17) is 4.74 Å². The lowest BCUT2D eigenvalue weighted by Gasteiger charge is -2.18. The minimum absolute atomic E-state index is 0.146. The largest absolute Gasteiger partial charge is 0.465 e. The van der Waals surface area contributed by atoms with E-state index in [0.29, 0.717) is 59.8 Å². The van der Waals surface area contributed by atoms with Crippen LogP contribution < -0.4 is 5.32 Å². The predicted molar refractivity (Wildman–Crippen MR) is 126 cm³/mol. The second-order valence-electron chi connectivity index (χ2n) is 8.71. The Morgan fingerprint density at radius 1 is 1.12 bits per heavy atom. The molecule has 1 aliphatic heterocycles. The summed E-state index contributed by atoms with van der Waals surface area (Å²) in [5.74, 6) is -0.488. The third kappa shape index (κ3) is 4.71. The third-order valence-electron chi connectivity index (χ3n) is 6.32. The molecule has 0 radical (unpaired) electrons. The van der Waals surface area contributed by atoms with Gasteiger partial charge in [0.15, 0.2) is 0 Å². The summed E-state index contributed by atoms with van der Waals surface area (Å²) in [7, 11) is 1.36. The van der Waals surface area contributed by atoms with Gasteiger partial charge >= 0.3 is 5.97 Å². The molecule has 1 aliphatic carbocycles. The third-order valence-corrected chi connectivity index (χ3v) is 7.49. The summed E-state index contributed by atoms with van der Waals surface area (Å²) in [5, 5.41) is 3.50. The SMILES string of the molecule is COC(=O)c1c(NC(=O)CCCCCN2C(=O)c3ccccc3C2=O)sc2c1CC[C@@H](C)C2. The monoisotopic (exact) mass is 468 g/mol. The number of hydrogen-bond donors (Lipinski definition) is 1. The van der Waals surface area contributed by atoms with Crippen molar-refractivity contribution in [1.29, 1.82) is 0 Å². The molecule has 33 heavy (non-hydrogen) atoms. The number of carbonyl (C=O) groups excluding carboxylic acids is 4. The van der Waals surface area contributed by atoms with Crippen LogP contribution in [0.15, 0.2) is 24.3 Å². The second-order valence-corrected chi connectivity index (χ2v) is 9.82. The maximum atomic E-state index is 12.5. The number of nitrogens with zero attached hydrogens (tertiary/aromatic N) is 1. The fourth-order valence-corrected chi connectivity index (χ4v) is 5.94. The summed E-state index contributed by atoms with van der Waals surface area (Å²) in [6, 6.07) is 6.85. The van der Waals surface area contributed by atoms with Gasteiger partial charge in [0.05, 0.1) is 23.8 Å². The molecule has 174 valence electrons. The maximum Gasteiger partial charge on any atom is 0.341 e. The number of amides is 3. The molecule has 8 heteroatoms. The van der Waals surface area contributed by atoms with Crippen LogP contribution in [0.25, 0.3) is 0 Å². The van der Waals surface area contributed by atoms with E-state index in [2.05, 4.69) is 12.2 Å². The smallest absolute Gasteiger partial charge is 0.341 e. The number of anilines is 1. The van der Waals surface area contributed by atoms with Gasteiger partial charge in [-0.1, -0.05) is 25.5 Å². The summed E-state index contributed by atoms with van der Waals surface area (Å²) >= 11 is 1.48. The first-order valence-electron chi connectivity index (χ1n) is 11.4. The number of thiophene rings is 1. The van der Waals surface area contributed by atoms with Crippen molar-refractivity contribution in [1.82, 2.24) is 4.90 Å². The maximum absolute atomic E-state index is 12.5. The van der Waals surface area contributed by atoms with Crippen LogP contribution in [0.4, 0.5) is 5.00 Å². The highest BCUT2D eigenvalue weighted by molar-refractivity contribution is 7.17. The molecule has 1 N–H and O–H groups in total. The number of unbranched alkanes of at least 4 members (excludes halogenated alkanes) is 2. The van der Waals surface area contributed by atoms with E-state index in [1.165, 1.54) is 23.3 Å².